The molecule has 0 spiro atoms. The molecule has 0 aliphatic heterocycles. The zero-order valence-corrected chi connectivity index (χ0v) is 15.2. The highest BCUT2D eigenvalue weighted by Gasteiger charge is 2.18. The minimum atomic E-state index is -3.57. The van der Waals surface area contributed by atoms with Crippen molar-refractivity contribution in [2.45, 2.75) is 4.90 Å². The Morgan fingerprint density at radius 3 is 2.26 bits per heavy atom. The van der Waals surface area contributed by atoms with Crippen LogP contribution < -0.4 is 10.0 Å². The van der Waals surface area contributed by atoms with Gasteiger partial charge in [-0.1, -0.05) is 34.5 Å². The number of nitrogens with one attached hydrogen (secondary N) is 2. The molecule has 8 heteroatoms. The Morgan fingerprint density at radius 1 is 0.926 bits per heavy atom. The van der Waals surface area contributed by atoms with E-state index in [1.807, 2.05) is 12.1 Å². The maximum absolute atomic E-state index is 12.2. The molecule has 0 radical (unpaired) electrons. The molecule has 1 unspecified atom stereocenters. The van der Waals surface area contributed by atoms with Crippen LogP contribution in [0, 0.1) is 0 Å². The van der Waals surface area contributed by atoms with Crippen molar-refractivity contribution in [3.05, 3.63) is 78.9 Å². The third kappa shape index (κ3) is 5.04. The molecule has 1 heterocycles. The predicted octanol–water partition coefficient (Wildman–Crippen LogP) is 2.07. The number of nitrogens with zero attached hydrogens (tertiary/aromatic N) is 2. The van der Waals surface area contributed by atoms with Gasteiger partial charge >= 0.3 is 0 Å². The summed E-state index contributed by atoms with van der Waals surface area (Å²) >= 11 is 0. The highest BCUT2D eigenvalue weighted by molar-refractivity contribution is 7.95. The summed E-state index contributed by atoms with van der Waals surface area (Å²) in [5.74, 6) is -0.273. The summed E-state index contributed by atoms with van der Waals surface area (Å²) < 4.78 is 26.6. The largest absolute Gasteiger partial charge is 0.593 e. The van der Waals surface area contributed by atoms with Crippen molar-refractivity contribution in [1.82, 2.24) is 20.0 Å². The number of hydrogen-bond acceptors (Lipinski definition) is 5. The fourth-order valence-corrected chi connectivity index (χ4v) is 3.46. The number of carbonyl (C=O) groups excluding carboxylic acids is 1. The second kappa shape index (κ2) is 8.63. The van der Waals surface area contributed by atoms with Crippen LogP contribution in [-0.4, -0.2) is 33.5 Å². The van der Waals surface area contributed by atoms with E-state index in [4.69, 9.17) is 0 Å². The number of benzene rings is 2. The first-order chi connectivity index (χ1) is 13.1. The molecule has 0 fully saturated rings. The van der Waals surface area contributed by atoms with Crippen molar-refractivity contribution >= 4 is 16.3 Å². The normalized spacial score (nSPS) is 12.9. The smallest absolute Gasteiger partial charge is 0.251 e. The molecule has 2 aromatic carbocycles. The molecule has 3 rings (SSSR count). The quantitative estimate of drug-likeness (QED) is 0.480. The lowest BCUT2D eigenvalue weighted by Crippen LogP contribution is -2.37. The number of sulfonamides is 1. The molecule has 0 saturated carbocycles. The van der Waals surface area contributed by atoms with Crippen LogP contribution in [0.1, 0.15) is 10.4 Å². The fourth-order valence-electron chi connectivity index (χ4n) is 2.41. The van der Waals surface area contributed by atoms with E-state index in [0.29, 0.717) is 5.56 Å². The number of rotatable bonds is 7. The number of amides is 1. The maximum atomic E-state index is 12.2. The van der Waals surface area contributed by atoms with Crippen LogP contribution in [0.25, 0.3) is 11.1 Å². The molecular weight excluding hydrogens is 364 g/mol. The van der Waals surface area contributed by atoms with E-state index in [2.05, 4.69) is 20.0 Å². The number of aromatic nitrogens is 2. The Labute approximate surface area is 158 Å². The van der Waals surface area contributed by atoms with Gasteiger partial charge in [-0.25, -0.2) is 9.97 Å². The molecule has 0 bridgehead atoms. The molecule has 138 valence electrons. The van der Waals surface area contributed by atoms with Crippen LogP contribution in [0.5, 0.6) is 0 Å². The molecular formula is C19H18N4O3S. The lowest BCUT2D eigenvalue weighted by atomic mass is 10.1. The van der Waals surface area contributed by atoms with Crippen LogP contribution >= 0.6 is 0 Å². The van der Waals surface area contributed by atoms with Crippen molar-refractivity contribution in [1.29, 1.82) is 0 Å². The Morgan fingerprint density at radius 2 is 1.59 bits per heavy atom. The van der Waals surface area contributed by atoms with Gasteiger partial charge in [-0.15, -0.1) is 4.72 Å². The number of hydrogen-bond donors (Lipinski definition) is 2. The zero-order chi connectivity index (χ0) is 19.1. The van der Waals surface area contributed by atoms with Crippen molar-refractivity contribution < 1.29 is 13.6 Å². The monoisotopic (exact) mass is 382 g/mol. The minimum Gasteiger partial charge on any atom is -0.593 e. The van der Waals surface area contributed by atoms with Crippen LogP contribution in [0.3, 0.4) is 0 Å². The van der Waals surface area contributed by atoms with E-state index < -0.39 is 10.4 Å². The van der Waals surface area contributed by atoms with Gasteiger partial charge in [0.05, 0.1) is 6.54 Å². The fraction of sp³-hybridized carbons (Fsp3) is 0.105. The molecule has 1 amide bonds. The summed E-state index contributed by atoms with van der Waals surface area (Å²) in [6.45, 7) is 0.279. The van der Waals surface area contributed by atoms with Crippen molar-refractivity contribution in [3.63, 3.8) is 0 Å². The van der Waals surface area contributed by atoms with E-state index in [9.17, 15) is 13.6 Å². The van der Waals surface area contributed by atoms with Crippen molar-refractivity contribution in [3.8, 4) is 11.1 Å². The van der Waals surface area contributed by atoms with Crippen molar-refractivity contribution in [2.75, 3.05) is 13.1 Å². The molecule has 27 heavy (non-hydrogen) atoms. The Kier molecular flexibility index (Phi) is 6.02. The molecule has 2 N–H and O–H groups in total. The first-order valence-corrected chi connectivity index (χ1v) is 9.73. The van der Waals surface area contributed by atoms with Gasteiger partial charge in [0, 0.05) is 30.1 Å². The summed E-state index contributed by atoms with van der Waals surface area (Å²) in [6, 6.07) is 15.1. The SMILES string of the molecule is O=C(NCCN[S+](=O)([O-])c1ccccc1)c1ccc(-c2cncnc2)cc1. The van der Waals surface area contributed by atoms with Gasteiger partial charge < -0.3 is 9.87 Å². The lowest BCUT2D eigenvalue weighted by molar-refractivity contribution is 0.0954. The van der Waals surface area contributed by atoms with Gasteiger partial charge in [0.1, 0.15) is 6.33 Å². The number of carbonyl (C=O) groups is 1. The van der Waals surface area contributed by atoms with E-state index in [1.165, 1.54) is 18.5 Å². The van der Waals surface area contributed by atoms with Gasteiger partial charge in [-0.2, -0.15) is 0 Å². The highest BCUT2D eigenvalue weighted by atomic mass is 32.3. The Bertz CT molecular complexity index is 934. The molecule has 1 atom stereocenters. The maximum Gasteiger partial charge on any atom is 0.251 e. The van der Waals surface area contributed by atoms with Gasteiger partial charge in [0.15, 0.2) is 15.3 Å². The molecule has 0 aliphatic rings. The van der Waals surface area contributed by atoms with Crippen LogP contribution in [0.4, 0.5) is 0 Å². The highest BCUT2D eigenvalue weighted by Crippen LogP contribution is 2.17. The van der Waals surface area contributed by atoms with Crippen LogP contribution in [0.15, 0.2) is 78.2 Å². The van der Waals surface area contributed by atoms with Gasteiger partial charge in [0.25, 0.3) is 5.91 Å². The second-order valence-corrected chi connectivity index (χ2v) is 7.44. The summed E-state index contributed by atoms with van der Waals surface area (Å²) in [4.78, 5) is 20.3. The van der Waals surface area contributed by atoms with Crippen LogP contribution in [0.2, 0.25) is 0 Å². The Hall–Kier alpha value is -2.94. The summed E-state index contributed by atoms with van der Waals surface area (Å²) in [6.07, 6.45) is 4.85. The molecule has 0 saturated heterocycles. The molecule has 3 aromatic rings. The van der Waals surface area contributed by atoms with Crippen LogP contribution in [-0.2, 0) is 14.6 Å². The summed E-state index contributed by atoms with van der Waals surface area (Å²) in [5.41, 5.74) is 2.25. The Balaban J connectivity index is 1.50. The first kappa shape index (κ1) is 18.8. The minimum absolute atomic E-state index is 0.0996. The standard InChI is InChI=1S/C19H18N4O3S/c24-19(16-8-6-15(7-9-16)17-12-20-14-21-13-17)22-10-11-23-27(25,26)18-4-2-1-3-5-18/h1-9,12-14H,10-11H2,(H2-,22,23,24,25,26). The second-order valence-electron chi connectivity index (χ2n) is 5.67. The van der Waals surface area contributed by atoms with E-state index >= 15 is 0 Å². The summed E-state index contributed by atoms with van der Waals surface area (Å²) in [5, 5.41) is 2.69. The molecule has 0 aliphatic carbocycles. The third-order valence-electron chi connectivity index (χ3n) is 3.80. The van der Waals surface area contributed by atoms with Gasteiger partial charge in [-0.05, 0) is 29.8 Å². The topological polar surface area (TPSA) is 107 Å². The van der Waals surface area contributed by atoms with Crippen molar-refractivity contribution in [2.24, 2.45) is 0 Å². The third-order valence-corrected chi connectivity index (χ3v) is 5.27. The van der Waals surface area contributed by atoms with E-state index in [-0.39, 0.29) is 23.9 Å². The van der Waals surface area contributed by atoms with E-state index in [0.717, 1.165) is 11.1 Å². The van der Waals surface area contributed by atoms with Gasteiger partial charge in [0.2, 0.25) is 0 Å². The zero-order valence-electron chi connectivity index (χ0n) is 14.4. The first-order valence-electron chi connectivity index (χ1n) is 8.25. The predicted molar refractivity (Wildman–Crippen MR) is 101 cm³/mol. The molecule has 1 aromatic heterocycles. The van der Waals surface area contributed by atoms with Gasteiger partial charge in [-0.3, -0.25) is 4.79 Å². The summed E-state index contributed by atoms with van der Waals surface area (Å²) in [7, 11) is -3.57. The average Bonchev–Trinajstić information content (AvgIpc) is 2.72. The van der Waals surface area contributed by atoms with E-state index in [1.54, 1.807) is 42.7 Å². The molecule has 7 nitrogen and oxygen atoms in total. The lowest BCUT2D eigenvalue weighted by Gasteiger charge is -2.15. The average molecular weight is 382 g/mol.